The van der Waals surface area contributed by atoms with Crippen molar-refractivity contribution in [3.8, 4) is 21.6 Å². The minimum absolute atomic E-state index is 0.169. The molecular formula is C29H34Br2S. The Kier molecular flexibility index (Phi) is 9.08. The van der Waals surface area contributed by atoms with Crippen LogP contribution in [-0.4, -0.2) is 10.7 Å². The van der Waals surface area contributed by atoms with Gasteiger partial charge in [0.05, 0.1) is 0 Å². The zero-order valence-corrected chi connectivity index (χ0v) is 22.9. The third-order valence-electron chi connectivity index (χ3n) is 7.05. The molecule has 4 rings (SSSR count). The first kappa shape index (κ1) is 24.2. The molecule has 1 aliphatic carbocycles. The van der Waals surface area contributed by atoms with Crippen molar-refractivity contribution < 1.29 is 0 Å². The van der Waals surface area contributed by atoms with Crippen LogP contribution in [0.15, 0.2) is 60.0 Å². The summed E-state index contributed by atoms with van der Waals surface area (Å²) in [5, 5.41) is 4.45. The molecule has 1 aliphatic rings. The van der Waals surface area contributed by atoms with Gasteiger partial charge in [0.15, 0.2) is 0 Å². The second-order valence-electron chi connectivity index (χ2n) is 9.07. The molecule has 0 N–H and O–H groups in total. The molecular weight excluding hydrogens is 540 g/mol. The highest BCUT2D eigenvalue weighted by Crippen LogP contribution is 2.55. The van der Waals surface area contributed by atoms with Crippen molar-refractivity contribution in [2.75, 3.05) is 10.7 Å². The molecule has 0 amide bonds. The Bertz CT molecular complexity index is 963. The lowest BCUT2D eigenvalue weighted by Crippen LogP contribution is -2.25. The number of unbranched alkanes of at least 4 members (excludes halogenated alkanes) is 6. The van der Waals surface area contributed by atoms with Crippen LogP contribution in [-0.2, 0) is 5.41 Å². The molecule has 0 nitrogen and oxygen atoms in total. The highest BCUT2D eigenvalue weighted by atomic mass is 79.9. The Hall–Kier alpha value is -0.900. The lowest BCUT2D eigenvalue weighted by atomic mass is 9.70. The summed E-state index contributed by atoms with van der Waals surface area (Å²) in [6, 6.07) is 21.0. The molecule has 32 heavy (non-hydrogen) atoms. The molecule has 0 saturated heterocycles. The Morgan fingerprint density at radius 3 is 1.94 bits per heavy atom. The first-order chi connectivity index (χ1) is 15.8. The summed E-state index contributed by atoms with van der Waals surface area (Å²) in [6.45, 7) is 0. The molecule has 1 heterocycles. The third-order valence-corrected chi connectivity index (χ3v) is 9.09. The lowest BCUT2D eigenvalue weighted by Gasteiger charge is -2.33. The smallest absolute Gasteiger partial charge is 0.0342 e. The van der Waals surface area contributed by atoms with Crippen molar-refractivity contribution in [2.24, 2.45) is 0 Å². The molecule has 2 aromatic carbocycles. The largest absolute Gasteiger partial charge is 0.144 e. The van der Waals surface area contributed by atoms with E-state index in [4.69, 9.17) is 0 Å². The molecule has 0 aliphatic heterocycles. The monoisotopic (exact) mass is 572 g/mol. The Morgan fingerprint density at radius 2 is 1.28 bits per heavy atom. The fourth-order valence-electron chi connectivity index (χ4n) is 5.46. The van der Waals surface area contributed by atoms with Gasteiger partial charge in [-0.15, -0.1) is 11.3 Å². The minimum atomic E-state index is 0.169. The van der Waals surface area contributed by atoms with Crippen molar-refractivity contribution in [3.63, 3.8) is 0 Å². The predicted octanol–water partition coefficient (Wildman–Crippen LogP) is 10.4. The quantitative estimate of drug-likeness (QED) is 0.141. The van der Waals surface area contributed by atoms with Gasteiger partial charge in [0.25, 0.3) is 0 Å². The Morgan fingerprint density at radius 1 is 0.625 bits per heavy atom. The molecule has 0 bridgehead atoms. The van der Waals surface area contributed by atoms with Gasteiger partial charge in [-0.1, -0.05) is 113 Å². The van der Waals surface area contributed by atoms with Crippen LogP contribution in [0, 0.1) is 0 Å². The summed E-state index contributed by atoms with van der Waals surface area (Å²) in [5.74, 6) is 0. The van der Waals surface area contributed by atoms with Gasteiger partial charge in [-0.05, 0) is 71.0 Å². The van der Waals surface area contributed by atoms with Gasteiger partial charge >= 0.3 is 0 Å². The summed E-state index contributed by atoms with van der Waals surface area (Å²) in [7, 11) is 0. The molecule has 3 heteroatoms. The second kappa shape index (κ2) is 12.0. The molecule has 0 radical (unpaired) electrons. The van der Waals surface area contributed by atoms with Crippen molar-refractivity contribution in [3.05, 3.63) is 71.1 Å². The van der Waals surface area contributed by atoms with E-state index in [-0.39, 0.29) is 5.41 Å². The van der Waals surface area contributed by atoms with E-state index in [1.807, 2.05) is 11.3 Å². The molecule has 1 aromatic heterocycles. The lowest BCUT2D eigenvalue weighted by molar-refractivity contribution is 0.401. The average Bonchev–Trinajstić information content (AvgIpc) is 3.45. The van der Waals surface area contributed by atoms with E-state index >= 15 is 0 Å². The molecule has 0 saturated carbocycles. The van der Waals surface area contributed by atoms with Crippen LogP contribution >= 0.6 is 43.2 Å². The average molecular weight is 574 g/mol. The predicted molar refractivity (Wildman–Crippen MR) is 150 cm³/mol. The van der Waals surface area contributed by atoms with Crippen LogP contribution in [0.2, 0.25) is 0 Å². The first-order valence-electron chi connectivity index (χ1n) is 12.2. The molecule has 0 fully saturated rings. The van der Waals surface area contributed by atoms with Crippen molar-refractivity contribution >= 4 is 43.2 Å². The number of hydrogen-bond donors (Lipinski definition) is 0. The summed E-state index contributed by atoms with van der Waals surface area (Å²) in [4.78, 5) is 1.38. The molecule has 170 valence electrons. The fourth-order valence-corrected chi connectivity index (χ4v) is 6.98. The maximum atomic E-state index is 3.60. The van der Waals surface area contributed by atoms with E-state index in [9.17, 15) is 0 Å². The number of benzene rings is 2. The normalized spacial score (nSPS) is 13.8. The number of thiophene rings is 1. The third kappa shape index (κ3) is 5.26. The number of fused-ring (bicyclic) bond motifs is 3. The zero-order valence-electron chi connectivity index (χ0n) is 18.9. The molecule has 0 spiro atoms. The Labute approximate surface area is 215 Å². The number of hydrogen-bond acceptors (Lipinski definition) is 1. The van der Waals surface area contributed by atoms with Gasteiger partial charge in [-0.2, -0.15) is 0 Å². The van der Waals surface area contributed by atoms with Gasteiger partial charge in [0, 0.05) is 21.0 Å². The second-order valence-corrected chi connectivity index (χ2v) is 11.6. The van der Waals surface area contributed by atoms with Crippen LogP contribution in [0.1, 0.15) is 75.3 Å². The number of halogens is 2. The SMILES string of the molecule is BrCCCCCCC1(CCCCCCBr)c2ccccc2-c2ccc(-c3cccs3)cc21. The van der Waals surface area contributed by atoms with Crippen LogP contribution in [0.4, 0.5) is 0 Å². The molecule has 0 atom stereocenters. The van der Waals surface area contributed by atoms with Crippen LogP contribution in [0.3, 0.4) is 0 Å². The number of alkyl halides is 2. The number of rotatable bonds is 13. The van der Waals surface area contributed by atoms with E-state index in [1.54, 1.807) is 11.1 Å². The summed E-state index contributed by atoms with van der Waals surface area (Å²) in [5.41, 5.74) is 7.67. The first-order valence-corrected chi connectivity index (χ1v) is 15.3. The maximum absolute atomic E-state index is 3.60. The van der Waals surface area contributed by atoms with E-state index in [2.05, 4.69) is 91.8 Å². The standard InChI is InChI=1S/C29H34Br2S/c30-19-9-3-1-7-17-29(18-8-2-4-10-20-31)26-13-6-5-12-24(26)25-16-15-23(22-27(25)29)28-14-11-21-32-28/h5-6,11-16,21-22H,1-4,7-10,17-20H2. The van der Waals surface area contributed by atoms with Crippen LogP contribution < -0.4 is 0 Å². The summed E-state index contributed by atoms with van der Waals surface area (Å²) < 4.78 is 0. The van der Waals surface area contributed by atoms with Gasteiger partial charge in [0.2, 0.25) is 0 Å². The van der Waals surface area contributed by atoms with Gasteiger partial charge in [-0.3, -0.25) is 0 Å². The van der Waals surface area contributed by atoms with E-state index in [1.165, 1.54) is 85.8 Å². The van der Waals surface area contributed by atoms with E-state index in [0.29, 0.717) is 0 Å². The molecule has 0 unspecified atom stereocenters. The van der Waals surface area contributed by atoms with E-state index < -0.39 is 0 Å². The highest BCUT2D eigenvalue weighted by Gasteiger charge is 2.42. The van der Waals surface area contributed by atoms with E-state index in [0.717, 1.165) is 10.7 Å². The summed E-state index contributed by atoms with van der Waals surface area (Å²) >= 11 is 9.05. The van der Waals surface area contributed by atoms with Crippen LogP contribution in [0.25, 0.3) is 21.6 Å². The van der Waals surface area contributed by atoms with Gasteiger partial charge in [0.1, 0.15) is 0 Å². The fraction of sp³-hybridized carbons (Fsp3) is 0.448. The Balaban J connectivity index is 1.69. The van der Waals surface area contributed by atoms with Gasteiger partial charge in [-0.25, -0.2) is 0 Å². The van der Waals surface area contributed by atoms with Crippen LogP contribution in [0.5, 0.6) is 0 Å². The minimum Gasteiger partial charge on any atom is -0.144 e. The molecule has 3 aromatic rings. The zero-order chi connectivity index (χ0) is 22.2. The van der Waals surface area contributed by atoms with Gasteiger partial charge < -0.3 is 0 Å². The van der Waals surface area contributed by atoms with Crippen molar-refractivity contribution in [1.82, 2.24) is 0 Å². The highest BCUT2D eigenvalue weighted by molar-refractivity contribution is 9.09. The maximum Gasteiger partial charge on any atom is 0.0342 e. The summed E-state index contributed by atoms with van der Waals surface area (Å²) in [6.07, 6.45) is 13.1. The van der Waals surface area contributed by atoms with Crippen molar-refractivity contribution in [1.29, 1.82) is 0 Å². The van der Waals surface area contributed by atoms with Crippen molar-refractivity contribution in [2.45, 2.75) is 69.6 Å². The topological polar surface area (TPSA) is 0 Å².